The van der Waals surface area contributed by atoms with Crippen LogP contribution in [0.3, 0.4) is 0 Å². The molecule has 0 spiro atoms. The molecule has 4 heterocycles. The van der Waals surface area contributed by atoms with Crippen LogP contribution in [0.15, 0.2) is 42.7 Å². The zero-order valence-electron chi connectivity index (χ0n) is 19.1. The summed E-state index contributed by atoms with van der Waals surface area (Å²) in [7, 11) is 1.69. The fraction of sp³-hybridized carbons (Fsp3) is 0.500. The molecule has 0 aliphatic carbocycles. The first kappa shape index (κ1) is 21.6. The van der Waals surface area contributed by atoms with Gasteiger partial charge in [-0.15, -0.1) is 15.3 Å². The quantitative estimate of drug-likeness (QED) is 0.567. The van der Waals surface area contributed by atoms with Crippen molar-refractivity contribution in [3.63, 3.8) is 0 Å². The molecule has 2 fully saturated rings. The van der Waals surface area contributed by atoms with Crippen molar-refractivity contribution < 1.29 is 9.53 Å². The van der Waals surface area contributed by atoms with E-state index in [1.165, 1.54) is 5.56 Å². The Morgan fingerprint density at radius 3 is 2.48 bits per heavy atom. The number of rotatable bonds is 6. The van der Waals surface area contributed by atoms with Crippen LogP contribution >= 0.6 is 0 Å². The van der Waals surface area contributed by atoms with Crippen molar-refractivity contribution in [2.75, 3.05) is 57.8 Å². The molecular weight excluding hydrogens is 418 g/mol. The lowest BCUT2D eigenvalue weighted by molar-refractivity contribution is -0.138. The van der Waals surface area contributed by atoms with Crippen LogP contribution in [0.1, 0.15) is 18.4 Å². The van der Waals surface area contributed by atoms with Gasteiger partial charge in [-0.3, -0.25) is 9.69 Å². The Hall–Kier alpha value is -3.20. The second kappa shape index (κ2) is 9.74. The van der Waals surface area contributed by atoms with Crippen molar-refractivity contribution in [3.05, 3.63) is 48.3 Å². The molecule has 2 aliphatic heterocycles. The standard InChI is InChI=1S/C24H31N7O2/c1-33-21-4-2-19(3-5-21)8-11-28-14-16-30(17-15-28)24(32)20-9-12-29(13-10-20)23-7-6-22-26-25-18-31(22)27-23/h2-7,18,20H,8-17H2,1H3. The second-order valence-corrected chi connectivity index (χ2v) is 8.85. The number of aromatic nitrogens is 4. The Balaban J connectivity index is 1.06. The number of methoxy groups -OCH3 is 1. The Bertz CT molecular complexity index is 1070. The number of nitrogens with zero attached hydrogens (tertiary/aromatic N) is 7. The first-order chi connectivity index (χ1) is 16.2. The summed E-state index contributed by atoms with van der Waals surface area (Å²) in [4.78, 5) is 19.9. The first-order valence-electron chi connectivity index (χ1n) is 11.8. The molecular formula is C24H31N7O2. The molecule has 1 aromatic carbocycles. The predicted molar refractivity (Wildman–Crippen MR) is 125 cm³/mol. The molecule has 33 heavy (non-hydrogen) atoms. The van der Waals surface area contributed by atoms with Crippen LogP contribution in [0.5, 0.6) is 5.75 Å². The molecule has 2 aliphatic rings. The summed E-state index contributed by atoms with van der Waals surface area (Å²) in [6.07, 6.45) is 4.38. The maximum atomic E-state index is 13.1. The molecule has 0 atom stereocenters. The minimum Gasteiger partial charge on any atom is -0.497 e. The number of piperazine rings is 1. The van der Waals surface area contributed by atoms with Crippen molar-refractivity contribution in [1.29, 1.82) is 0 Å². The Morgan fingerprint density at radius 2 is 1.76 bits per heavy atom. The van der Waals surface area contributed by atoms with Crippen molar-refractivity contribution >= 4 is 17.4 Å². The normalized spacial score (nSPS) is 18.1. The van der Waals surface area contributed by atoms with Crippen molar-refractivity contribution in [2.45, 2.75) is 19.3 Å². The van der Waals surface area contributed by atoms with E-state index in [9.17, 15) is 4.79 Å². The summed E-state index contributed by atoms with van der Waals surface area (Å²) >= 11 is 0. The maximum Gasteiger partial charge on any atom is 0.225 e. The lowest BCUT2D eigenvalue weighted by Crippen LogP contribution is -2.52. The van der Waals surface area contributed by atoms with E-state index in [0.29, 0.717) is 5.91 Å². The topological polar surface area (TPSA) is 79.1 Å². The molecule has 5 rings (SSSR count). The Labute approximate surface area is 193 Å². The van der Waals surface area contributed by atoms with Gasteiger partial charge in [0.05, 0.1) is 7.11 Å². The zero-order chi connectivity index (χ0) is 22.6. The zero-order valence-corrected chi connectivity index (χ0v) is 19.1. The summed E-state index contributed by atoms with van der Waals surface area (Å²) < 4.78 is 6.92. The molecule has 0 bridgehead atoms. The van der Waals surface area contributed by atoms with E-state index in [1.54, 1.807) is 18.0 Å². The van der Waals surface area contributed by atoms with E-state index in [2.05, 4.69) is 42.1 Å². The summed E-state index contributed by atoms with van der Waals surface area (Å²) in [5.74, 6) is 2.25. The van der Waals surface area contributed by atoms with Crippen LogP contribution in [-0.4, -0.2) is 88.4 Å². The average molecular weight is 450 g/mol. The lowest BCUT2D eigenvalue weighted by Gasteiger charge is -2.38. The molecule has 0 saturated carbocycles. The third-order valence-electron chi connectivity index (χ3n) is 6.88. The van der Waals surface area contributed by atoms with Gasteiger partial charge in [-0.1, -0.05) is 12.1 Å². The van der Waals surface area contributed by atoms with Gasteiger partial charge in [-0.25, -0.2) is 0 Å². The molecule has 1 amide bonds. The average Bonchev–Trinajstić information content (AvgIpc) is 3.36. The number of carbonyl (C=O) groups excluding carboxylic acids is 1. The summed E-state index contributed by atoms with van der Waals surface area (Å²) in [6, 6.07) is 12.2. The van der Waals surface area contributed by atoms with Gasteiger partial charge in [0.25, 0.3) is 0 Å². The summed E-state index contributed by atoms with van der Waals surface area (Å²) in [5, 5.41) is 12.5. The molecule has 174 valence electrons. The van der Waals surface area contributed by atoms with Gasteiger partial charge in [-0.2, -0.15) is 4.52 Å². The highest BCUT2D eigenvalue weighted by Crippen LogP contribution is 2.24. The minimum atomic E-state index is 0.116. The summed E-state index contributed by atoms with van der Waals surface area (Å²) in [5.41, 5.74) is 2.06. The molecule has 2 saturated heterocycles. The smallest absolute Gasteiger partial charge is 0.225 e. The van der Waals surface area contributed by atoms with Gasteiger partial charge in [-0.05, 0) is 49.1 Å². The highest BCUT2D eigenvalue weighted by molar-refractivity contribution is 5.79. The highest BCUT2D eigenvalue weighted by Gasteiger charge is 2.30. The van der Waals surface area contributed by atoms with Gasteiger partial charge in [0.15, 0.2) is 5.65 Å². The van der Waals surface area contributed by atoms with Crippen LogP contribution in [0.25, 0.3) is 5.65 Å². The van der Waals surface area contributed by atoms with Crippen LogP contribution in [0.2, 0.25) is 0 Å². The second-order valence-electron chi connectivity index (χ2n) is 8.85. The van der Waals surface area contributed by atoms with E-state index >= 15 is 0 Å². The number of piperidine rings is 1. The lowest BCUT2D eigenvalue weighted by atomic mass is 9.95. The SMILES string of the molecule is COc1ccc(CCN2CCN(C(=O)C3CCN(c4ccc5nncn5n4)CC3)CC2)cc1. The van der Waals surface area contributed by atoms with Crippen LogP contribution in [0, 0.1) is 5.92 Å². The third-order valence-corrected chi connectivity index (χ3v) is 6.88. The number of hydrogen-bond acceptors (Lipinski definition) is 7. The number of amides is 1. The van der Waals surface area contributed by atoms with Gasteiger partial charge in [0.2, 0.25) is 5.91 Å². The van der Waals surface area contributed by atoms with Crippen LogP contribution < -0.4 is 9.64 Å². The molecule has 2 aromatic heterocycles. The third kappa shape index (κ3) is 4.93. The molecule has 3 aromatic rings. The van der Waals surface area contributed by atoms with E-state index < -0.39 is 0 Å². The van der Waals surface area contributed by atoms with E-state index in [1.807, 2.05) is 24.3 Å². The number of carbonyl (C=O) groups is 1. The molecule has 0 N–H and O–H groups in total. The molecule has 0 radical (unpaired) electrons. The fourth-order valence-corrected chi connectivity index (χ4v) is 4.77. The van der Waals surface area contributed by atoms with Crippen molar-refractivity contribution in [3.8, 4) is 5.75 Å². The number of hydrogen-bond donors (Lipinski definition) is 0. The molecule has 0 unspecified atom stereocenters. The van der Waals surface area contributed by atoms with Crippen LogP contribution in [0.4, 0.5) is 5.82 Å². The molecule has 9 nitrogen and oxygen atoms in total. The largest absolute Gasteiger partial charge is 0.497 e. The number of anilines is 1. The monoisotopic (exact) mass is 449 g/mol. The van der Waals surface area contributed by atoms with Gasteiger partial charge >= 0.3 is 0 Å². The maximum absolute atomic E-state index is 13.1. The van der Waals surface area contributed by atoms with Crippen molar-refractivity contribution in [2.24, 2.45) is 5.92 Å². The number of ether oxygens (including phenoxy) is 1. The van der Waals surface area contributed by atoms with E-state index in [0.717, 1.165) is 82.3 Å². The summed E-state index contributed by atoms with van der Waals surface area (Å²) in [6.45, 7) is 6.27. The van der Waals surface area contributed by atoms with Crippen molar-refractivity contribution in [1.82, 2.24) is 29.6 Å². The van der Waals surface area contributed by atoms with Gasteiger partial charge in [0, 0.05) is 51.7 Å². The Morgan fingerprint density at radius 1 is 1.00 bits per heavy atom. The van der Waals surface area contributed by atoms with Gasteiger partial charge in [0.1, 0.15) is 17.9 Å². The predicted octanol–water partition coefficient (Wildman–Crippen LogP) is 1.74. The highest BCUT2D eigenvalue weighted by atomic mass is 16.5. The Kier molecular flexibility index (Phi) is 6.39. The fourth-order valence-electron chi connectivity index (χ4n) is 4.77. The number of benzene rings is 1. The van der Waals surface area contributed by atoms with Crippen LogP contribution in [-0.2, 0) is 11.2 Å². The number of fused-ring (bicyclic) bond motifs is 1. The minimum absolute atomic E-state index is 0.116. The van der Waals surface area contributed by atoms with Gasteiger partial charge < -0.3 is 14.5 Å². The first-order valence-corrected chi connectivity index (χ1v) is 11.8. The molecule has 9 heteroatoms. The van der Waals surface area contributed by atoms with E-state index in [4.69, 9.17) is 4.74 Å². The van der Waals surface area contributed by atoms with E-state index in [-0.39, 0.29) is 5.92 Å².